The number of anilines is 1. The Kier molecular flexibility index (Phi) is 7.58. The summed E-state index contributed by atoms with van der Waals surface area (Å²) in [5.74, 6) is -2.15. The molecule has 1 aliphatic heterocycles. The zero-order valence-electron chi connectivity index (χ0n) is 20.6. The fraction of sp³-hybridized carbons (Fsp3) is 0.440. The first kappa shape index (κ1) is 25.2. The maximum atomic E-state index is 13.1. The molecule has 2 aliphatic rings. The van der Waals surface area contributed by atoms with Crippen LogP contribution in [0.15, 0.2) is 30.6 Å². The molecule has 11 nitrogen and oxygen atoms in total. The third-order valence-electron chi connectivity index (χ3n) is 6.58. The maximum Gasteiger partial charge on any atom is 0.314 e. The molecule has 4 rings (SSSR count). The van der Waals surface area contributed by atoms with E-state index < -0.39 is 23.9 Å². The quantitative estimate of drug-likeness (QED) is 0.444. The molecule has 0 radical (unpaired) electrons. The molecular formula is C25H31N7O4. The average molecular weight is 494 g/mol. The molecule has 4 N–H and O–H groups in total. The van der Waals surface area contributed by atoms with E-state index in [1.54, 1.807) is 44.7 Å². The van der Waals surface area contributed by atoms with E-state index in [-0.39, 0.29) is 29.2 Å². The van der Waals surface area contributed by atoms with Crippen molar-refractivity contribution in [1.29, 1.82) is 0 Å². The largest absolute Gasteiger partial charge is 0.349 e. The first-order valence-electron chi connectivity index (χ1n) is 12.0. The van der Waals surface area contributed by atoms with Crippen LogP contribution in [0.3, 0.4) is 0 Å². The smallest absolute Gasteiger partial charge is 0.314 e. The van der Waals surface area contributed by atoms with Crippen molar-refractivity contribution < 1.29 is 19.2 Å². The molecule has 0 aromatic carbocycles. The van der Waals surface area contributed by atoms with Crippen LogP contribution in [0.25, 0.3) is 0 Å². The van der Waals surface area contributed by atoms with Gasteiger partial charge in [-0.2, -0.15) is 0 Å². The van der Waals surface area contributed by atoms with E-state index in [1.807, 2.05) is 6.92 Å². The van der Waals surface area contributed by atoms with Crippen molar-refractivity contribution in [3.63, 3.8) is 0 Å². The molecule has 2 aromatic heterocycles. The average Bonchev–Trinajstić information content (AvgIpc) is 3.33. The van der Waals surface area contributed by atoms with Crippen LogP contribution in [0.1, 0.15) is 46.4 Å². The maximum absolute atomic E-state index is 13.1. The number of aryl methyl sites for hydroxylation is 1. The van der Waals surface area contributed by atoms with Gasteiger partial charge in [-0.15, -0.1) is 0 Å². The molecule has 4 amide bonds. The molecule has 3 atom stereocenters. The predicted molar refractivity (Wildman–Crippen MR) is 132 cm³/mol. The Bertz CT molecular complexity index is 1170. The first-order chi connectivity index (χ1) is 17.2. The minimum atomic E-state index is -0.851. The van der Waals surface area contributed by atoms with Crippen LogP contribution in [0.4, 0.5) is 5.82 Å². The van der Waals surface area contributed by atoms with Gasteiger partial charge in [-0.1, -0.05) is 6.07 Å². The monoisotopic (exact) mass is 493 g/mol. The van der Waals surface area contributed by atoms with E-state index in [4.69, 9.17) is 0 Å². The zero-order valence-corrected chi connectivity index (χ0v) is 20.6. The molecule has 190 valence electrons. The van der Waals surface area contributed by atoms with Gasteiger partial charge >= 0.3 is 11.8 Å². The van der Waals surface area contributed by atoms with E-state index in [9.17, 15) is 19.2 Å². The SMILES string of the molecule is Cc1ccc(NC(=O)C(=O)N[C@H]2CC[C@H](C(=O)N(C)C)C[C@H]2NC(=O)c2cc3c(cn2)CNC3)nc1. The third kappa shape index (κ3) is 5.85. The van der Waals surface area contributed by atoms with E-state index in [1.165, 1.54) is 4.90 Å². The molecule has 36 heavy (non-hydrogen) atoms. The molecule has 1 aliphatic carbocycles. The molecule has 11 heteroatoms. The summed E-state index contributed by atoms with van der Waals surface area (Å²) in [6.45, 7) is 3.26. The van der Waals surface area contributed by atoms with E-state index >= 15 is 0 Å². The van der Waals surface area contributed by atoms with Gasteiger partial charge in [0.25, 0.3) is 5.91 Å². The number of pyridine rings is 2. The summed E-state index contributed by atoms with van der Waals surface area (Å²) in [6, 6.07) is 4.06. The van der Waals surface area contributed by atoms with E-state index in [0.717, 1.165) is 23.2 Å². The second-order valence-electron chi connectivity index (χ2n) is 9.52. The number of hydrogen-bond acceptors (Lipinski definition) is 7. The molecule has 1 saturated carbocycles. The number of nitrogens with zero attached hydrogens (tertiary/aromatic N) is 3. The number of carbonyl (C=O) groups is 4. The number of fused-ring (bicyclic) bond motifs is 1. The van der Waals surface area contributed by atoms with Gasteiger partial charge in [-0.3, -0.25) is 24.2 Å². The topological polar surface area (TPSA) is 145 Å². The van der Waals surface area contributed by atoms with Crippen LogP contribution in [0.5, 0.6) is 0 Å². The summed E-state index contributed by atoms with van der Waals surface area (Å²) in [6.07, 6.45) is 4.56. The van der Waals surface area contributed by atoms with Gasteiger partial charge in [0.1, 0.15) is 11.5 Å². The van der Waals surface area contributed by atoms with E-state index in [0.29, 0.717) is 25.8 Å². The van der Waals surface area contributed by atoms with Crippen molar-refractivity contribution >= 4 is 29.4 Å². The van der Waals surface area contributed by atoms with Crippen LogP contribution in [0, 0.1) is 12.8 Å². The van der Waals surface area contributed by atoms with Crippen molar-refractivity contribution in [3.8, 4) is 0 Å². The Labute approximate surface area is 209 Å². The molecule has 0 unspecified atom stereocenters. The molecular weight excluding hydrogens is 462 g/mol. The predicted octanol–water partition coefficient (Wildman–Crippen LogP) is 0.498. The Balaban J connectivity index is 1.45. The highest BCUT2D eigenvalue weighted by Crippen LogP contribution is 2.27. The van der Waals surface area contributed by atoms with Crippen LogP contribution >= 0.6 is 0 Å². The number of nitrogens with one attached hydrogen (secondary N) is 4. The highest BCUT2D eigenvalue weighted by atomic mass is 16.2. The van der Waals surface area contributed by atoms with Crippen molar-refractivity contribution in [1.82, 2.24) is 30.8 Å². The Morgan fingerprint density at radius 2 is 1.72 bits per heavy atom. The van der Waals surface area contributed by atoms with Gasteiger partial charge in [0.05, 0.1) is 6.04 Å². The highest BCUT2D eigenvalue weighted by Gasteiger charge is 2.37. The van der Waals surface area contributed by atoms with Gasteiger partial charge in [0, 0.05) is 51.5 Å². The van der Waals surface area contributed by atoms with Crippen molar-refractivity contribution in [2.24, 2.45) is 5.92 Å². The number of carbonyl (C=O) groups excluding carboxylic acids is 4. The summed E-state index contributed by atoms with van der Waals surface area (Å²) in [7, 11) is 3.38. The first-order valence-corrected chi connectivity index (χ1v) is 12.0. The van der Waals surface area contributed by atoms with Crippen molar-refractivity contribution in [2.75, 3.05) is 19.4 Å². The van der Waals surface area contributed by atoms with Gasteiger partial charge in [-0.05, 0) is 55.0 Å². The standard InChI is InChI=1S/C25H31N7O4/c1-14-4-7-21(28-10-14)31-24(35)23(34)29-18-6-5-15(25(36)32(2)3)8-19(18)30-22(33)20-9-16-11-26-12-17(16)13-27-20/h4,7,9-10,13,15,18-19,26H,5-6,8,11-12H2,1-3H3,(H,29,34)(H,30,33)(H,28,31,35)/t15-,18-,19+/m0/s1. The van der Waals surface area contributed by atoms with Gasteiger partial charge < -0.3 is 26.2 Å². The second kappa shape index (κ2) is 10.8. The minimum absolute atomic E-state index is 0.0380. The number of amides is 4. The lowest BCUT2D eigenvalue weighted by Gasteiger charge is -2.37. The summed E-state index contributed by atoms with van der Waals surface area (Å²) >= 11 is 0. The summed E-state index contributed by atoms with van der Waals surface area (Å²) in [5.41, 5.74) is 3.27. The van der Waals surface area contributed by atoms with Crippen molar-refractivity contribution in [2.45, 2.75) is 51.4 Å². The van der Waals surface area contributed by atoms with Crippen molar-refractivity contribution in [3.05, 3.63) is 53.0 Å². The zero-order chi connectivity index (χ0) is 25.8. The molecule has 0 spiro atoms. The van der Waals surface area contributed by atoms with Crippen LogP contribution in [-0.2, 0) is 27.5 Å². The summed E-state index contributed by atoms with van der Waals surface area (Å²) in [4.78, 5) is 60.7. The fourth-order valence-electron chi connectivity index (χ4n) is 4.59. The van der Waals surface area contributed by atoms with E-state index in [2.05, 4.69) is 31.2 Å². The normalized spacial score (nSPS) is 20.7. The molecule has 2 aromatic rings. The number of rotatable bonds is 5. The summed E-state index contributed by atoms with van der Waals surface area (Å²) in [5, 5.41) is 11.4. The van der Waals surface area contributed by atoms with Gasteiger partial charge in [0.15, 0.2) is 0 Å². The van der Waals surface area contributed by atoms with Crippen LogP contribution < -0.4 is 21.3 Å². The Morgan fingerprint density at radius 3 is 2.44 bits per heavy atom. The highest BCUT2D eigenvalue weighted by molar-refractivity contribution is 6.39. The molecule has 0 saturated heterocycles. The minimum Gasteiger partial charge on any atom is -0.349 e. The second-order valence-corrected chi connectivity index (χ2v) is 9.52. The fourth-order valence-corrected chi connectivity index (χ4v) is 4.59. The Morgan fingerprint density at radius 1 is 0.944 bits per heavy atom. The van der Waals surface area contributed by atoms with Crippen LogP contribution in [0.2, 0.25) is 0 Å². The van der Waals surface area contributed by atoms with Crippen LogP contribution in [-0.4, -0.2) is 64.7 Å². The Hall–Kier alpha value is -3.86. The van der Waals surface area contributed by atoms with Gasteiger partial charge in [0.2, 0.25) is 5.91 Å². The third-order valence-corrected chi connectivity index (χ3v) is 6.58. The number of aromatic nitrogens is 2. The lowest BCUT2D eigenvalue weighted by molar-refractivity contribution is -0.137. The lowest BCUT2D eigenvalue weighted by Crippen LogP contribution is -2.57. The molecule has 1 fully saturated rings. The molecule has 3 heterocycles. The molecule has 0 bridgehead atoms. The van der Waals surface area contributed by atoms with Gasteiger partial charge in [-0.25, -0.2) is 4.98 Å². The lowest BCUT2D eigenvalue weighted by atomic mass is 9.81. The number of hydrogen-bond donors (Lipinski definition) is 4. The summed E-state index contributed by atoms with van der Waals surface area (Å²) < 4.78 is 0.